The normalized spacial score (nSPS) is 12.4. The lowest BCUT2D eigenvalue weighted by Crippen LogP contribution is -2.16. The highest BCUT2D eigenvalue weighted by Crippen LogP contribution is 2.28. The van der Waals surface area contributed by atoms with Gasteiger partial charge in [-0.1, -0.05) is 55.8 Å². The Hall–Kier alpha value is -3.38. The van der Waals surface area contributed by atoms with Crippen LogP contribution in [0.25, 0.3) is 0 Å². The molecule has 0 saturated carbocycles. The standard InChI is InChI=1S/C29H30ClF3N2O.C2H6/c1-17(2)15-27(35-26-10-8-9-19(5)21(26)7)24-16-22(12-14-25(24)30)34-28(36)23(18(3)4)13-11-20(6)29(31,32)33;1-2/h8-16H,3H2,1-2,4-7H3,(H,34,36);1-2H3/b20-11+,23-13+,35-27?;. The first-order valence-electron chi connectivity index (χ1n) is 12.2. The number of carbonyl (C=O) groups is 1. The van der Waals surface area contributed by atoms with Crippen LogP contribution in [-0.2, 0) is 4.79 Å². The van der Waals surface area contributed by atoms with Crippen LogP contribution in [0.15, 0.2) is 88.5 Å². The molecule has 0 spiro atoms. The summed E-state index contributed by atoms with van der Waals surface area (Å²) in [4.78, 5) is 17.8. The first-order valence-corrected chi connectivity index (χ1v) is 12.6. The fourth-order valence-corrected chi connectivity index (χ4v) is 3.36. The Balaban J connectivity index is 0.00000352. The Morgan fingerprint density at radius 3 is 2.21 bits per heavy atom. The smallest absolute Gasteiger partial charge is 0.322 e. The molecule has 3 nitrogen and oxygen atoms in total. The lowest BCUT2D eigenvalue weighted by Gasteiger charge is -2.13. The topological polar surface area (TPSA) is 41.5 Å². The number of nitrogens with zero attached hydrogens (tertiary/aromatic N) is 1. The number of nitrogens with one attached hydrogen (secondary N) is 1. The van der Waals surface area contributed by atoms with Gasteiger partial charge < -0.3 is 5.32 Å². The summed E-state index contributed by atoms with van der Waals surface area (Å²) in [5, 5.41) is 3.17. The lowest BCUT2D eigenvalue weighted by atomic mass is 10.0. The summed E-state index contributed by atoms with van der Waals surface area (Å²) >= 11 is 6.53. The van der Waals surface area contributed by atoms with E-state index in [9.17, 15) is 18.0 Å². The second-order valence-electron chi connectivity index (χ2n) is 8.79. The lowest BCUT2D eigenvalue weighted by molar-refractivity contribution is -0.112. The summed E-state index contributed by atoms with van der Waals surface area (Å²) in [6.45, 7) is 18.1. The molecule has 0 aromatic heterocycles. The number of alkyl halides is 3. The summed E-state index contributed by atoms with van der Waals surface area (Å²) in [6, 6.07) is 10.8. The second-order valence-corrected chi connectivity index (χ2v) is 9.20. The Kier molecular flexibility index (Phi) is 12.5. The molecule has 0 atom stereocenters. The Morgan fingerprint density at radius 2 is 1.66 bits per heavy atom. The third kappa shape index (κ3) is 9.49. The van der Waals surface area contributed by atoms with Gasteiger partial charge in [0.25, 0.3) is 5.91 Å². The molecule has 0 unspecified atom stereocenters. The maximum absolute atomic E-state index is 12.9. The molecule has 0 aliphatic carbocycles. The molecule has 1 amide bonds. The van der Waals surface area contributed by atoms with Crippen molar-refractivity contribution in [1.82, 2.24) is 0 Å². The Morgan fingerprint density at radius 1 is 1.03 bits per heavy atom. The van der Waals surface area contributed by atoms with Crippen molar-refractivity contribution in [3.63, 3.8) is 0 Å². The number of rotatable bonds is 7. The first kappa shape index (κ1) is 32.6. The molecule has 2 aromatic carbocycles. The highest BCUT2D eigenvalue weighted by molar-refractivity contribution is 6.35. The fraction of sp³-hybridized carbons (Fsp3) is 0.290. The molecule has 204 valence electrons. The Bertz CT molecular complexity index is 1290. The fourth-order valence-electron chi connectivity index (χ4n) is 3.14. The van der Waals surface area contributed by atoms with E-state index in [1.807, 2.05) is 65.8 Å². The van der Waals surface area contributed by atoms with E-state index in [2.05, 4.69) is 11.9 Å². The zero-order chi connectivity index (χ0) is 29.2. The SMILES string of the molecule is C=C(C)/C(=C\C=C(/C)C(F)(F)F)C(=O)Nc1ccc(Cl)c(C(C=C(C)C)=Nc2cccc(C)c2C)c1.CC. The third-order valence-corrected chi connectivity index (χ3v) is 5.72. The van der Waals surface area contributed by atoms with Crippen molar-refractivity contribution in [2.75, 3.05) is 5.32 Å². The number of carbonyl (C=O) groups excluding carboxylic acids is 1. The first-order chi connectivity index (χ1) is 17.7. The summed E-state index contributed by atoms with van der Waals surface area (Å²) < 4.78 is 38.6. The van der Waals surface area contributed by atoms with Gasteiger partial charge >= 0.3 is 6.18 Å². The molecule has 2 rings (SSSR count). The monoisotopic (exact) mass is 544 g/mol. The molecular weight excluding hydrogens is 509 g/mol. The molecule has 0 saturated heterocycles. The third-order valence-electron chi connectivity index (χ3n) is 5.39. The molecule has 38 heavy (non-hydrogen) atoms. The van der Waals surface area contributed by atoms with E-state index in [4.69, 9.17) is 16.6 Å². The van der Waals surface area contributed by atoms with Crippen molar-refractivity contribution in [3.8, 4) is 0 Å². The maximum Gasteiger partial charge on any atom is 0.412 e. The summed E-state index contributed by atoms with van der Waals surface area (Å²) in [5.41, 5.74) is 5.12. The summed E-state index contributed by atoms with van der Waals surface area (Å²) in [7, 11) is 0. The van der Waals surface area contributed by atoms with Crippen molar-refractivity contribution in [1.29, 1.82) is 0 Å². The van der Waals surface area contributed by atoms with Crippen LogP contribution in [0.1, 0.15) is 58.2 Å². The van der Waals surface area contributed by atoms with Crippen molar-refractivity contribution in [2.45, 2.75) is 61.6 Å². The molecule has 0 fully saturated rings. The van der Waals surface area contributed by atoms with Crippen molar-refractivity contribution in [2.24, 2.45) is 4.99 Å². The van der Waals surface area contributed by atoms with E-state index in [1.54, 1.807) is 25.1 Å². The van der Waals surface area contributed by atoms with Crippen LogP contribution in [0.4, 0.5) is 24.5 Å². The summed E-state index contributed by atoms with van der Waals surface area (Å²) in [6.07, 6.45) is -0.596. The summed E-state index contributed by atoms with van der Waals surface area (Å²) in [5.74, 6) is -0.586. The van der Waals surface area contributed by atoms with Gasteiger partial charge in [0.2, 0.25) is 0 Å². The van der Waals surface area contributed by atoms with Gasteiger partial charge in [-0.2, -0.15) is 13.2 Å². The molecular formula is C31H36ClF3N2O. The van der Waals surface area contributed by atoms with Crippen LogP contribution in [-0.4, -0.2) is 17.8 Å². The van der Waals surface area contributed by atoms with E-state index < -0.39 is 17.7 Å². The maximum atomic E-state index is 12.9. The second kappa shape index (κ2) is 14.5. The molecule has 0 heterocycles. The minimum absolute atomic E-state index is 0.0312. The molecule has 0 bridgehead atoms. The number of benzene rings is 2. The van der Waals surface area contributed by atoms with Gasteiger partial charge in [0.05, 0.1) is 16.4 Å². The van der Waals surface area contributed by atoms with Crippen molar-refractivity contribution >= 4 is 34.6 Å². The zero-order valence-electron chi connectivity index (χ0n) is 23.3. The quantitative estimate of drug-likeness (QED) is 0.210. The van der Waals surface area contributed by atoms with Gasteiger partial charge in [0.1, 0.15) is 0 Å². The van der Waals surface area contributed by atoms with E-state index in [1.165, 1.54) is 0 Å². The van der Waals surface area contributed by atoms with Crippen LogP contribution >= 0.6 is 11.6 Å². The average molecular weight is 545 g/mol. The number of amides is 1. The van der Waals surface area contributed by atoms with Gasteiger partial charge in [-0.3, -0.25) is 4.79 Å². The number of aliphatic imine (C=N–C) groups is 1. The molecule has 0 aliphatic heterocycles. The molecule has 0 aliphatic rings. The Labute approximate surface area is 229 Å². The largest absolute Gasteiger partial charge is 0.412 e. The van der Waals surface area contributed by atoms with Gasteiger partial charge in [0, 0.05) is 22.4 Å². The number of allylic oxidation sites excluding steroid dienone is 5. The number of aryl methyl sites for hydroxylation is 1. The van der Waals surface area contributed by atoms with Crippen LogP contribution < -0.4 is 5.32 Å². The van der Waals surface area contributed by atoms with Gasteiger partial charge in [-0.15, -0.1) is 0 Å². The van der Waals surface area contributed by atoms with E-state index in [0.717, 1.165) is 41.5 Å². The van der Waals surface area contributed by atoms with Gasteiger partial charge in [-0.25, -0.2) is 4.99 Å². The van der Waals surface area contributed by atoms with E-state index in [-0.39, 0.29) is 5.57 Å². The predicted molar refractivity (Wildman–Crippen MR) is 156 cm³/mol. The van der Waals surface area contributed by atoms with Crippen LogP contribution in [0.3, 0.4) is 0 Å². The molecule has 0 radical (unpaired) electrons. The predicted octanol–water partition coefficient (Wildman–Crippen LogP) is 10.0. The van der Waals surface area contributed by atoms with Crippen molar-refractivity contribution < 1.29 is 18.0 Å². The average Bonchev–Trinajstić information content (AvgIpc) is 2.83. The van der Waals surface area contributed by atoms with Crippen LogP contribution in [0.2, 0.25) is 5.02 Å². The van der Waals surface area contributed by atoms with E-state index >= 15 is 0 Å². The minimum Gasteiger partial charge on any atom is -0.322 e. The van der Waals surface area contributed by atoms with Crippen LogP contribution in [0.5, 0.6) is 0 Å². The molecule has 2 aromatic rings. The van der Waals surface area contributed by atoms with Gasteiger partial charge in [0.15, 0.2) is 0 Å². The number of hydrogen-bond donors (Lipinski definition) is 1. The highest BCUT2D eigenvalue weighted by Gasteiger charge is 2.29. The number of anilines is 1. The van der Waals surface area contributed by atoms with Crippen LogP contribution in [0, 0.1) is 13.8 Å². The number of halogens is 4. The van der Waals surface area contributed by atoms with Gasteiger partial charge in [-0.05, 0) is 94.7 Å². The zero-order valence-corrected chi connectivity index (χ0v) is 24.0. The van der Waals surface area contributed by atoms with Crippen molar-refractivity contribution in [3.05, 3.63) is 105 Å². The highest BCUT2D eigenvalue weighted by atomic mass is 35.5. The molecule has 7 heteroatoms. The van der Waals surface area contributed by atoms with E-state index in [0.29, 0.717) is 27.6 Å². The minimum atomic E-state index is -4.48. The number of hydrogen-bond acceptors (Lipinski definition) is 2. The molecule has 1 N–H and O–H groups in total.